The van der Waals surface area contributed by atoms with Crippen molar-refractivity contribution in [1.82, 2.24) is 0 Å². The topological polar surface area (TPSA) is 34.1 Å². The Morgan fingerprint density at radius 2 is 0.950 bits per heavy atom. The van der Waals surface area contributed by atoms with Gasteiger partial charge in [0.1, 0.15) is 11.6 Å². The maximum atomic E-state index is 11.4. The van der Waals surface area contributed by atoms with Crippen molar-refractivity contribution >= 4 is 11.6 Å². The standard InChI is InChI=1S/C18H28O2/c1-13(19)17-9-5-15(6-10-17)3-4-16-7-11-18(12-8-16)14(2)20/h3-4,15-18H,5-12H2,1-2H3. The van der Waals surface area contributed by atoms with Gasteiger partial charge in [-0.05, 0) is 77.0 Å². The highest BCUT2D eigenvalue weighted by Crippen LogP contribution is 2.33. The van der Waals surface area contributed by atoms with Crippen LogP contribution in [0.4, 0.5) is 0 Å². The van der Waals surface area contributed by atoms with Gasteiger partial charge in [0.05, 0.1) is 0 Å². The Kier molecular flexibility index (Phi) is 5.56. The third-order valence-electron chi connectivity index (χ3n) is 5.35. The van der Waals surface area contributed by atoms with Crippen LogP contribution in [-0.4, -0.2) is 11.6 Å². The van der Waals surface area contributed by atoms with Gasteiger partial charge in [0, 0.05) is 11.8 Å². The number of carbonyl (C=O) groups is 2. The molecule has 0 amide bonds. The van der Waals surface area contributed by atoms with Crippen molar-refractivity contribution in [3.05, 3.63) is 12.2 Å². The van der Waals surface area contributed by atoms with Crippen LogP contribution >= 0.6 is 0 Å². The van der Waals surface area contributed by atoms with Crippen molar-refractivity contribution < 1.29 is 9.59 Å². The van der Waals surface area contributed by atoms with Gasteiger partial charge in [-0.1, -0.05) is 12.2 Å². The van der Waals surface area contributed by atoms with Crippen molar-refractivity contribution in [2.75, 3.05) is 0 Å². The molecule has 2 aliphatic rings. The number of ketones is 2. The van der Waals surface area contributed by atoms with Gasteiger partial charge in [-0.2, -0.15) is 0 Å². The summed E-state index contributed by atoms with van der Waals surface area (Å²) in [7, 11) is 0. The van der Waals surface area contributed by atoms with E-state index in [1.807, 2.05) is 0 Å². The van der Waals surface area contributed by atoms with Crippen LogP contribution in [0.1, 0.15) is 65.2 Å². The molecular weight excluding hydrogens is 248 g/mol. The van der Waals surface area contributed by atoms with E-state index >= 15 is 0 Å². The van der Waals surface area contributed by atoms with Crippen molar-refractivity contribution in [3.63, 3.8) is 0 Å². The second-order valence-electron chi connectivity index (χ2n) is 6.83. The second-order valence-corrected chi connectivity index (χ2v) is 6.83. The molecule has 0 saturated heterocycles. The largest absolute Gasteiger partial charge is 0.300 e. The van der Waals surface area contributed by atoms with E-state index in [9.17, 15) is 9.59 Å². The molecule has 0 unspecified atom stereocenters. The molecule has 0 aromatic rings. The number of hydrogen-bond acceptors (Lipinski definition) is 2. The van der Waals surface area contributed by atoms with Gasteiger partial charge in [0.25, 0.3) is 0 Å². The second kappa shape index (κ2) is 7.19. The lowest BCUT2D eigenvalue weighted by Crippen LogP contribution is -2.20. The fourth-order valence-electron chi connectivity index (χ4n) is 3.75. The summed E-state index contributed by atoms with van der Waals surface area (Å²) in [5.74, 6) is 2.74. The Morgan fingerprint density at radius 1 is 0.650 bits per heavy atom. The molecule has 0 atom stereocenters. The van der Waals surface area contributed by atoms with Crippen molar-refractivity contribution in [2.45, 2.75) is 65.2 Å². The summed E-state index contributed by atoms with van der Waals surface area (Å²) in [5.41, 5.74) is 0. The summed E-state index contributed by atoms with van der Waals surface area (Å²) >= 11 is 0. The average Bonchev–Trinajstić information content (AvgIpc) is 2.46. The quantitative estimate of drug-likeness (QED) is 0.716. The van der Waals surface area contributed by atoms with Crippen molar-refractivity contribution in [3.8, 4) is 0 Å². The SMILES string of the molecule is CC(=O)C1CCC(C=CC2CCC(C(C)=O)CC2)CC1. The fraction of sp³-hybridized carbons (Fsp3) is 0.778. The van der Waals surface area contributed by atoms with Crippen LogP contribution in [0.5, 0.6) is 0 Å². The Labute approximate surface area is 123 Å². The maximum absolute atomic E-state index is 11.4. The highest BCUT2D eigenvalue weighted by Gasteiger charge is 2.24. The van der Waals surface area contributed by atoms with E-state index in [4.69, 9.17) is 0 Å². The van der Waals surface area contributed by atoms with Gasteiger partial charge in [-0.25, -0.2) is 0 Å². The van der Waals surface area contributed by atoms with E-state index in [2.05, 4.69) is 12.2 Å². The van der Waals surface area contributed by atoms with Crippen LogP contribution in [-0.2, 0) is 9.59 Å². The van der Waals surface area contributed by atoms with Crippen LogP contribution in [0.25, 0.3) is 0 Å². The molecule has 2 saturated carbocycles. The van der Waals surface area contributed by atoms with Gasteiger partial charge >= 0.3 is 0 Å². The third-order valence-corrected chi connectivity index (χ3v) is 5.35. The van der Waals surface area contributed by atoms with E-state index in [1.54, 1.807) is 13.8 Å². The minimum Gasteiger partial charge on any atom is -0.300 e. The first kappa shape index (κ1) is 15.5. The number of hydrogen-bond donors (Lipinski definition) is 0. The first-order chi connectivity index (χ1) is 9.56. The Hall–Kier alpha value is -0.920. The zero-order valence-corrected chi connectivity index (χ0v) is 12.9. The maximum Gasteiger partial charge on any atom is 0.132 e. The van der Waals surface area contributed by atoms with Gasteiger partial charge in [-0.15, -0.1) is 0 Å². The van der Waals surface area contributed by atoms with Gasteiger partial charge in [0.15, 0.2) is 0 Å². The summed E-state index contributed by atoms with van der Waals surface area (Å²) in [6, 6.07) is 0. The van der Waals surface area contributed by atoms with Crippen molar-refractivity contribution in [1.29, 1.82) is 0 Å². The molecule has 2 fully saturated rings. The fourth-order valence-corrected chi connectivity index (χ4v) is 3.75. The predicted molar refractivity (Wildman–Crippen MR) is 81.4 cm³/mol. The van der Waals surface area contributed by atoms with E-state index in [1.165, 1.54) is 25.7 Å². The number of carbonyl (C=O) groups excluding carboxylic acids is 2. The van der Waals surface area contributed by atoms with Gasteiger partial charge in [0.2, 0.25) is 0 Å². The molecule has 0 radical (unpaired) electrons. The molecule has 0 aromatic carbocycles. The molecule has 20 heavy (non-hydrogen) atoms. The molecular formula is C18H28O2. The number of allylic oxidation sites excluding steroid dienone is 2. The Bertz CT molecular complexity index is 331. The van der Waals surface area contributed by atoms with Gasteiger partial charge < -0.3 is 0 Å². The summed E-state index contributed by atoms with van der Waals surface area (Å²) in [4.78, 5) is 22.7. The lowest BCUT2D eigenvalue weighted by atomic mass is 9.78. The van der Waals surface area contributed by atoms with Crippen LogP contribution in [0.2, 0.25) is 0 Å². The minimum absolute atomic E-state index is 0.325. The van der Waals surface area contributed by atoms with Crippen LogP contribution in [0, 0.1) is 23.7 Å². The summed E-state index contributed by atoms with van der Waals surface area (Å²) < 4.78 is 0. The predicted octanol–water partition coefficient (Wildman–Crippen LogP) is 4.33. The first-order valence-electron chi connectivity index (χ1n) is 8.25. The molecule has 2 heteroatoms. The van der Waals surface area contributed by atoms with E-state index in [0.29, 0.717) is 35.2 Å². The van der Waals surface area contributed by atoms with Crippen LogP contribution in [0.3, 0.4) is 0 Å². The Morgan fingerprint density at radius 3 is 1.20 bits per heavy atom. The normalized spacial score (nSPS) is 35.1. The lowest BCUT2D eigenvalue weighted by molar-refractivity contribution is -0.122. The highest BCUT2D eigenvalue weighted by molar-refractivity contribution is 5.78. The molecule has 0 spiro atoms. The molecule has 0 N–H and O–H groups in total. The highest BCUT2D eigenvalue weighted by atomic mass is 16.1. The van der Waals surface area contributed by atoms with E-state index in [0.717, 1.165) is 25.7 Å². The molecule has 0 aliphatic heterocycles. The molecule has 0 heterocycles. The lowest BCUT2D eigenvalue weighted by Gasteiger charge is -2.27. The molecule has 0 bridgehead atoms. The van der Waals surface area contributed by atoms with Gasteiger partial charge in [-0.3, -0.25) is 9.59 Å². The first-order valence-corrected chi connectivity index (χ1v) is 8.25. The number of Topliss-reactive ketones (excluding diaryl/α,β-unsaturated/α-hetero) is 2. The zero-order chi connectivity index (χ0) is 14.5. The average molecular weight is 276 g/mol. The monoisotopic (exact) mass is 276 g/mol. The smallest absolute Gasteiger partial charge is 0.132 e. The molecule has 0 aromatic heterocycles. The molecule has 112 valence electrons. The Balaban J connectivity index is 1.72. The summed E-state index contributed by atoms with van der Waals surface area (Å²) in [6.07, 6.45) is 13.8. The zero-order valence-electron chi connectivity index (χ0n) is 12.9. The minimum atomic E-state index is 0.325. The third kappa shape index (κ3) is 4.29. The van der Waals surface area contributed by atoms with Crippen molar-refractivity contribution in [2.24, 2.45) is 23.7 Å². The number of rotatable bonds is 4. The van der Waals surface area contributed by atoms with E-state index in [-0.39, 0.29) is 0 Å². The molecule has 2 aliphatic carbocycles. The molecule has 2 rings (SSSR count). The summed E-state index contributed by atoms with van der Waals surface area (Å²) in [5, 5.41) is 0. The van der Waals surface area contributed by atoms with Crippen LogP contribution in [0.15, 0.2) is 12.2 Å². The van der Waals surface area contributed by atoms with Crippen LogP contribution < -0.4 is 0 Å². The summed E-state index contributed by atoms with van der Waals surface area (Å²) in [6.45, 7) is 3.46. The van der Waals surface area contributed by atoms with E-state index < -0.39 is 0 Å². The molecule has 2 nitrogen and oxygen atoms in total.